The number of sulfonamides is 3. The van der Waals surface area contributed by atoms with E-state index < -0.39 is 30.1 Å². The fraction of sp³-hybridized carbons (Fsp3) is 0.0625. The number of rotatable bonds is 15. The Hall–Kier alpha value is -7.80. The lowest BCUT2D eigenvalue weighted by Crippen LogP contribution is -2.17. The summed E-state index contributed by atoms with van der Waals surface area (Å²) in [7, 11) is -11.0. The van der Waals surface area contributed by atoms with E-state index in [0.717, 1.165) is 0 Å². The van der Waals surface area contributed by atoms with Gasteiger partial charge in [0.15, 0.2) is 0 Å². The second kappa shape index (κ2) is 23.2. The van der Waals surface area contributed by atoms with Crippen molar-refractivity contribution in [3.63, 3.8) is 0 Å². The van der Waals surface area contributed by atoms with E-state index in [1.807, 2.05) is 0 Å². The van der Waals surface area contributed by atoms with Crippen molar-refractivity contribution in [2.24, 2.45) is 0 Å². The van der Waals surface area contributed by atoms with E-state index in [0.29, 0.717) is 50.8 Å². The van der Waals surface area contributed by atoms with Crippen LogP contribution >= 0.6 is 0 Å². The SMILES string of the molecule is C=C(C)C(=O)Nc1ccc(NS(=O)(=O)c2ccccc2)cc1.C=C(C)C(=O)Nc1cccc(NS(=O)(=O)c2ccccc2)c1.C=C(C)C(=O)Nc1ccccc1NS(=O)(=O)c1ccccc1. The fourth-order valence-electron chi connectivity index (χ4n) is 5.10. The van der Waals surface area contributed by atoms with Crippen LogP contribution in [0.2, 0.25) is 0 Å². The smallest absolute Gasteiger partial charge is 0.261 e. The topological polar surface area (TPSA) is 226 Å². The molecule has 18 heteroatoms. The highest BCUT2D eigenvalue weighted by Gasteiger charge is 2.17. The highest BCUT2D eigenvalue weighted by molar-refractivity contribution is 7.93. The van der Waals surface area contributed by atoms with Crippen LogP contribution in [0.15, 0.2) is 215 Å². The van der Waals surface area contributed by atoms with Crippen LogP contribution in [0.4, 0.5) is 34.1 Å². The minimum atomic E-state index is -3.72. The lowest BCUT2D eigenvalue weighted by Gasteiger charge is -2.13. The minimum Gasteiger partial charge on any atom is -0.322 e. The third kappa shape index (κ3) is 15.8. The molecule has 0 bridgehead atoms. The molecule has 0 radical (unpaired) electrons. The van der Waals surface area contributed by atoms with Gasteiger partial charge >= 0.3 is 0 Å². The summed E-state index contributed by atoms with van der Waals surface area (Å²) >= 11 is 0. The summed E-state index contributed by atoms with van der Waals surface area (Å²) in [6, 6.07) is 43.6. The molecule has 0 saturated carbocycles. The van der Waals surface area contributed by atoms with Gasteiger partial charge in [-0.25, -0.2) is 25.3 Å². The first-order chi connectivity index (χ1) is 31.2. The van der Waals surface area contributed by atoms with Gasteiger partial charge in [-0.15, -0.1) is 0 Å². The van der Waals surface area contributed by atoms with Gasteiger partial charge in [0.1, 0.15) is 0 Å². The number of nitrogens with one attached hydrogen (secondary N) is 6. The fourth-order valence-corrected chi connectivity index (χ4v) is 8.35. The van der Waals surface area contributed by atoms with E-state index in [1.54, 1.807) is 148 Å². The van der Waals surface area contributed by atoms with Crippen molar-refractivity contribution >= 4 is 81.9 Å². The molecule has 0 heterocycles. The van der Waals surface area contributed by atoms with E-state index in [4.69, 9.17) is 0 Å². The molecule has 0 aliphatic carbocycles. The Morgan fingerprint density at radius 2 is 0.682 bits per heavy atom. The number of amides is 3. The average Bonchev–Trinajstić information content (AvgIpc) is 3.28. The zero-order valence-corrected chi connectivity index (χ0v) is 38.6. The summed E-state index contributed by atoms with van der Waals surface area (Å²) in [6.45, 7) is 15.4. The summed E-state index contributed by atoms with van der Waals surface area (Å²) in [5.74, 6) is -0.966. The Balaban J connectivity index is 0.000000216. The molecule has 3 amide bonds. The van der Waals surface area contributed by atoms with Gasteiger partial charge in [-0.2, -0.15) is 0 Å². The summed E-state index contributed by atoms with van der Waals surface area (Å²) in [5, 5.41) is 7.90. The maximum Gasteiger partial charge on any atom is 0.261 e. The van der Waals surface area contributed by atoms with E-state index in [1.165, 1.54) is 36.4 Å². The first kappa shape index (κ1) is 50.8. The molecule has 342 valence electrons. The molecule has 66 heavy (non-hydrogen) atoms. The van der Waals surface area contributed by atoms with Crippen LogP contribution in [0.5, 0.6) is 0 Å². The molecular formula is C48H48N6O9S3. The molecular weight excluding hydrogens is 901 g/mol. The number of benzene rings is 6. The summed E-state index contributed by atoms with van der Waals surface area (Å²) in [6.07, 6.45) is 0. The third-order valence-electron chi connectivity index (χ3n) is 8.51. The second-order valence-corrected chi connectivity index (χ2v) is 19.2. The lowest BCUT2D eigenvalue weighted by atomic mass is 10.2. The standard InChI is InChI=1S/3C16H16N2O3S/c1-12(2)16(19)17-13-7-6-8-14(11-13)18-22(20,21)15-9-4-3-5-10-15;1-12(2)16(19)17-14-10-6-7-11-15(14)18-22(20,21)13-8-4-3-5-9-13;1-12(2)16(19)17-13-8-10-14(11-9-13)18-22(20,21)15-6-4-3-5-7-15/h3*3-11,18H,1H2,2H3,(H,17,19). The van der Waals surface area contributed by atoms with Gasteiger partial charge in [0.2, 0.25) is 0 Å². The third-order valence-corrected chi connectivity index (χ3v) is 12.7. The molecule has 0 aromatic heterocycles. The summed E-state index contributed by atoms with van der Waals surface area (Å²) in [4.78, 5) is 35.3. The molecule has 0 aliphatic rings. The predicted molar refractivity (Wildman–Crippen MR) is 261 cm³/mol. The van der Waals surface area contributed by atoms with Crippen LogP contribution in [0.3, 0.4) is 0 Å². The number of carbonyl (C=O) groups is 3. The quantitative estimate of drug-likeness (QED) is 0.0539. The Morgan fingerprint density at radius 1 is 0.348 bits per heavy atom. The Morgan fingerprint density at radius 3 is 1.12 bits per heavy atom. The van der Waals surface area contributed by atoms with Crippen molar-refractivity contribution in [3.05, 3.63) is 200 Å². The van der Waals surface area contributed by atoms with Crippen LogP contribution < -0.4 is 30.1 Å². The highest BCUT2D eigenvalue weighted by Crippen LogP contribution is 2.25. The van der Waals surface area contributed by atoms with Crippen molar-refractivity contribution < 1.29 is 39.6 Å². The Kier molecular flexibility index (Phi) is 17.9. The molecule has 0 spiro atoms. The first-order valence-electron chi connectivity index (χ1n) is 19.6. The molecule has 6 N–H and O–H groups in total. The van der Waals surface area contributed by atoms with E-state index >= 15 is 0 Å². The first-order valence-corrected chi connectivity index (χ1v) is 24.0. The monoisotopic (exact) mass is 948 g/mol. The number of hydrogen-bond donors (Lipinski definition) is 6. The second-order valence-electron chi connectivity index (χ2n) is 14.2. The number of para-hydroxylation sites is 2. The predicted octanol–water partition coefficient (Wildman–Crippen LogP) is 9.01. The molecule has 0 aliphatic heterocycles. The Bertz CT molecular complexity index is 3040. The maximum absolute atomic E-state index is 12.3. The summed E-state index contributed by atoms with van der Waals surface area (Å²) < 4.78 is 80.9. The van der Waals surface area contributed by atoms with Crippen LogP contribution in [-0.4, -0.2) is 43.0 Å². The van der Waals surface area contributed by atoms with Gasteiger partial charge in [-0.3, -0.25) is 28.5 Å². The van der Waals surface area contributed by atoms with Crippen molar-refractivity contribution in [1.29, 1.82) is 0 Å². The maximum atomic E-state index is 12.3. The molecule has 6 rings (SSSR count). The zero-order chi connectivity index (χ0) is 48.5. The summed E-state index contributed by atoms with van der Waals surface area (Å²) in [5.41, 5.74) is 3.60. The lowest BCUT2D eigenvalue weighted by molar-refractivity contribution is -0.113. The van der Waals surface area contributed by atoms with Crippen LogP contribution in [0, 0.1) is 0 Å². The molecule has 0 unspecified atom stereocenters. The molecule has 0 fully saturated rings. The van der Waals surface area contributed by atoms with E-state index in [2.05, 4.69) is 49.9 Å². The van der Waals surface area contributed by atoms with Gasteiger partial charge in [0.25, 0.3) is 47.8 Å². The van der Waals surface area contributed by atoms with Gasteiger partial charge < -0.3 is 16.0 Å². The number of carbonyl (C=O) groups excluding carboxylic acids is 3. The van der Waals surface area contributed by atoms with Crippen LogP contribution in [0.25, 0.3) is 0 Å². The molecule has 0 saturated heterocycles. The van der Waals surface area contributed by atoms with E-state index in [-0.39, 0.29) is 32.4 Å². The van der Waals surface area contributed by atoms with Gasteiger partial charge in [-0.05, 0) is 112 Å². The normalized spacial score (nSPS) is 10.8. The van der Waals surface area contributed by atoms with Crippen molar-refractivity contribution in [2.45, 2.75) is 35.5 Å². The molecule has 0 atom stereocenters. The number of hydrogen-bond acceptors (Lipinski definition) is 9. The minimum absolute atomic E-state index is 0.149. The van der Waals surface area contributed by atoms with E-state index in [9.17, 15) is 39.6 Å². The van der Waals surface area contributed by atoms with Gasteiger partial charge in [0.05, 0.1) is 31.7 Å². The van der Waals surface area contributed by atoms with Crippen molar-refractivity contribution in [2.75, 3.05) is 30.1 Å². The number of anilines is 6. The largest absolute Gasteiger partial charge is 0.322 e. The highest BCUT2D eigenvalue weighted by atomic mass is 32.2. The average molecular weight is 949 g/mol. The van der Waals surface area contributed by atoms with Crippen molar-refractivity contribution in [3.8, 4) is 0 Å². The zero-order valence-electron chi connectivity index (χ0n) is 36.1. The molecule has 6 aromatic carbocycles. The van der Waals surface area contributed by atoms with Crippen LogP contribution in [0.1, 0.15) is 20.8 Å². The van der Waals surface area contributed by atoms with Crippen LogP contribution in [-0.2, 0) is 44.5 Å². The molecule has 6 aromatic rings. The van der Waals surface area contributed by atoms with Gasteiger partial charge in [-0.1, -0.05) is 92.5 Å². The van der Waals surface area contributed by atoms with Crippen molar-refractivity contribution in [1.82, 2.24) is 0 Å². The molecule has 15 nitrogen and oxygen atoms in total. The Labute approximate surface area is 385 Å². The van der Waals surface area contributed by atoms with Gasteiger partial charge in [0, 0.05) is 33.8 Å².